The largest absolute Gasteiger partial charge is 0.339 e. The minimum atomic E-state index is 0.0513. The summed E-state index contributed by atoms with van der Waals surface area (Å²) in [5.41, 5.74) is 2.45. The number of ketones is 1. The lowest BCUT2D eigenvalue weighted by Crippen LogP contribution is -2.11. The van der Waals surface area contributed by atoms with Crippen molar-refractivity contribution in [2.24, 2.45) is 0 Å². The molecule has 2 aromatic rings. The Kier molecular flexibility index (Phi) is 3.57. The van der Waals surface area contributed by atoms with Gasteiger partial charge in [-0.2, -0.15) is 5.10 Å². The second-order valence-electron chi connectivity index (χ2n) is 4.24. The first kappa shape index (κ1) is 12.9. The Morgan fingerprint density at radius 1 is 1.50 bits per heavy atom. The molecule has 5 heteroatoms. The van der Waals surface area contributed by atoms with Crippen LogP contribution in [-0.2, 0) is 13.1 Å². The molecule has 2 rings (SSSR count). The van der Waals surface area contributed by atoms with E-state index in [0.717, 1.165) is 17.9 Å². The fourth-order valence-corrected chi connectivity index (χ4v) is 2.25. The molecule has 0 radical (unpaired) electrons. The first-order valence-corrected chi connectivity index (χ1v) is 6.30. The molecule has 0 unspecified atom stereocenters. The van der Waals surface area contributed by atoms with Gasteiger partial charge in [-0.3, -0.25) is 9.48 Å². The van der Waals surface area contributed by atoms with Gasteiger partial charge >= 0.3 is 0 Å². The van der Waals surface area contributed by atoms with Crippen LogP contribution in [0.1, 0.15) is 35.7 Å². The molecule has 0 aliphatic rings. The van der Waals surface area contributed by atoms with Gasteiger partial charge in [0.05, 0.1) is 28.6 Å². The summed E-state index contributed by atoms with van der Waals surface area (Å²) in [4.78, 5) is 11.5. The lowest BCUT2D eigenvalue weighted by atomic mass is 10.3. The van der Waals surface area contributed by atoms with Crippen LogP contribution in [0.3, 0.4) is 0 Å². The van der Waals surface area contributed by atoms with Crippen molar-refractivity contribution in [1.29, 1.82) is 0 Å². The zero-order valence-electron chi connectivity index (χ0n) is 10.8. The van der Waals surface area contributed by atoms with Crippen molar-refractivity contribution in [1.82, 2.24) is 14.3 Å². The Morgan fingerprint density at radius 2 is 2.22 bits per heavy atom. The smallest absolute Gasteiger partial charge is 0.176 e. The molecule has 0 saturated carbocycles. The summed E-state index contributed by atoms with van der Waals surface area (Å²) in [7, 11) is 0. The number of hydrogen-bond donors (Lipinski definition) is 0. The molecule has 0 bridgehead atoms. The molecule has 0 spiro atoms. The lowest BCUT2D eigenvalue weighted by Gasteiger charge is -2.09. The molecule has 0 aromatic carbocycles. The van der Waals surface area contributed by atoms with Crippen LogP contribution < -0.4 is 0 Å². The third-order valence-corrected chi connectivity index (χ3v) is 3.45. The highest BCUT2D eigenvalue weighted by molar-refractivity contribution is 6.31. The van der Waals surface area contributed by atoms with E-state index in [1.807, 2.05) is 41.4 Å². The monoisotopic (exact) mass is 265 g/mol. The quantitative estimate of drug-likeness (QED) is 0.798. The van der Waals surface area contributed by atoms with Crippen LogP contribution in [0.5, 0.6) is 0 Å². The highest BCUT2D eigenvalue weighted by Crippen LogP contribution is 2.22. The van der Waals surface area contributed by atoms with Crippen LogP contribution in [0.4, 0.5) is 0 Å². The van der Waals surface area contributed by atoms with E-state index in [1.54, 1.807) is 6.92 Å². The van der Waals surface area contributed by atoms with Crippen molar-refractivity contribution in [3.8, 4) is 0 Å². The topological polar surface area (TPSA) is 39.8 Å². The first-order chi connectivity index (χ1) is 8.54. The van der Waals surface area contributed by atoms with Gasteiger partial charge in [0.2, 0.25) is 0 Å². The molecule has 0 saturated heterocycles. The van der Waals surface area contributed by atoms with Gasteiger partial charge in [0.1, 0.15) is 0 Å². The average molecular weight is 266 g/mol. The van der Waals surface area contributed by atoms with Crippen molar-refractivity contribution >= 4 is 17.4 Å². The van der Waals surface area contributed by atoms with Gasteiger partial charge in [0.25, 0.3) is 0 Å². The summed E-state index contributed by atoms with van der Waals surface area (Å²) in [5.74, 6) is 0.0513. The first-order valence-electron chi connectivity index (χ1n) is 5.92. The third kappa shape index (κ3) is 2.20. The zero-order chi connectivity index (χ0) is 13.3. The highest BCUT2D eigenvalue weighted by atomic mass is 35.5. The Bertz CT molecular complexity index is 583. The van der Waals surface area contributed by atoms with Gasteiger partial charge in [-0.1, -0.05) is 11.6 Å². The molecule has 96 valence electrons. The molecule has 0 fully saturated rings. The second-order valence-corrected chi connectivity index (χ2v) is 4.62. The molecule has 2 aromatic heterocycles. The summed E-state index contributed by atoms with van der Waals surface area (Å²) < 4.78 is 3.78. The molecular formula is C13H16ClN3O. The molecule has 4 nitrogen and oxygen atoms in total. The Hall–Kier alpha value is -1.55. The van der Waals surface area contributed by atoms with Crippen LogP contribution in [0.2, 0.25) is 5.02 Å². The maximum absolute atomic E-state index is 11.5. The molecule has 0 aliphatic heterocycles. The van der Waals surface area contributed by atoms with Crippen LogP contribution in [0, 0.1) is 6.92 Å². The highest BCUT2D eigenvalue weighted by Gasteiger charge is 2.14. The van der Waals surface area contributed by atoms with Crippen molar-refractivity contribution < 1.29 is 4.79 Å². The SMILES string of the molecule is CCn1nc(C)c(Cl)c1Cn1cccc1C(C)=O. The molecule has 0 N–H and O–H groups in total. The van der Waals surface area contributed by atoms with Crippen LogP contribution in [-0.4, -0.2) is 20.1 Å². The van der Waals surface area contributed by atoms with E-state index >= 15 is 0 Å². The number of aryl methyl sites for hydroxylation is 2. The second kappa shape index (κ2) is 4.98. The lowest BCUT2D eigenvalue weighted by molar-refractivity contribution is 0.100. The molecule has 2 heterocycles. The van der Waals surface area contributed by atoms with Gasteiger partial charge in [-0.15, -0.1) is 0 Å². The summed E-state index contributed by atoms with van der Waals surface area (Å²) in [6.07, 6.45) is 1.88. The summed E-state index contributed by atoms with van der Waals surface area (Å²) >= 11 is 6.26. The number of carbonyl (C=O) groups excluding carboxylic acids is 1. The van der Waals surface area contributed by atoms with E-state index in [2.05, 4.69) is 5.10 Å². The number of carbonyl (C=O) groups is 1. The van der Waals surface area contributed by atoms with Crippen molar-refractivity contribution in [3.05, 3.63) is 40.4 Å². The fourth-order valence-electron chi connectivity index (χ4n) is 2.05. The predicted octanol–water partition coefficient (Wildman–Crippen LogP) is 2.92. The number of Topliss-reactive ketones (excluding diaryl/α,β-unsaturated/α-hetero) is 1. The van der Waals surface area contributed by atoms with E-state index in [9.17, 15) is 4.79 Å². The van der Waals surface area contributed by atoms with Gasteiger partial charge < -0.3 is 4.57 Å². The summed E-state index contributed by atoms with van der Waals surface area (Å²) in [6, 6.07) is 3.68. The Labute approximate surface area is 111 Å². The number of hydrogen-bond acceptors (Lipinski definition) is 2. The number of rotatable bonds is 4. The summed E-state index contributed by atoms with van der Waals surface area (Å²) in [5, 5.41) is 5.05. The van der Waals surface area contributed by atoms with Gasteiger partial charge in [-0.05, 0) is 26.0 Å². The van der Waals surface area contributed by atoms with Crippen LogP contribution >= 0.6 is 11.6 Å². The maximum atomic E-state index is 11.5. The molecule has 18 heavy (non-hydrogen) atoms. The molecular weight excluding hydrogens is 250 g/mol. The number of aromatic nitrogens is 3. The van der Waals surface area contributed by atoms with E-state index in [1.165, 1.54) is 0 Å². The van der Waals surface area contributed by atoms with Gasteiger partial charge in [-0.25, -0.2) is 0 Å². The Morgan fingerprint density at radius 3 is 2.83 bits per heavy atom. The third-order valence-electron chi connectivity index (χ3n) is 2.96. The average Bonchev–Trinajstić information content (AvgIpc) is 2.89. The van der Waals surface area contributed by atoms with Gasteiger partial charge in [0.15, 0.2) is 5.78 Å². The van der Waals surface area contributed by atoms with Crippen molar-refractivity contribution in [2.75, 3.05) is 0 Å². The maximum Gasteiger partial charge on any atom is 0.176 e. The molecule has 0 atom stereocenters. The predicted molar refractivity (Wildman–Crippen MR) is 71.2 cm³/mol. The van der Waals surface area contributed by atoms with Crippen LogP contribution in [0.25, 0.3) is 0 Å². The normalized spacial score (nSPS) is 10.9. The fraction of sp³-hybridized carbons (Fsp3) is 0.385. The number of nitrogens with zero attached hydrogens (tertiary/aromatic N) is 3. The molecule has 0 aliphatic carbocycles. The minimum Gasteiger partial charge on any atom is -0.339 e. The zero-order valence-corrected chi connectivity index (χ0v) is 11.5. The van der Waals surface area contributed by atoms with Crippen molar-refractivity contribution in [3.63, 3.8) is 0 Å². The van der Waals surface area contributed by atoms with Crippen LogP contribution in [0.15, 0.2) is 18.3 Å². The van der Waals surface area contributed by atoms with Crippen molar-refractivity contribution in [2.45, 2.75) is 33.9 Å². The van der Waals surface area contributed by atoms with E-state index in [4.69, 9.17) is 11.6 Å². The minimum absolute atomic E-state index is 0.0513. The molecule has 0 amide bonds. The Balaban J connectivity index is 2.39. The van der Waals surface area contributed by atoms with E-state index in [0.29, 0.717) is 17.3 Å². The van der Waals surface area contributed by atoms with E-state index < -0.39 is 0 Å². The number of halogens is 1. The standard InChI is InChI=1S/C13H16ClN3O/c1-4-17-12(13(14)9(2)15-17)8-16-7-5-6-11(16)10(3)18/h5-7H,4,8H2,1-3H3. The van der Waals surface area contributed by atoms with E-state index in [-0.39, 0.29) is 5.78 Å². The van der Waals surface area contributed by atoms with Gasteiger partial charge in [0, 0.05) is 19.7 Å². The summed E-state index contributed by atoms with van der Waals surface area (Å²) in [6.45, 7) is 6.80.